The first kappa shape index (κ1) is 18.1. The Hall–Kier alpha value is -2.29. The number of hydrogen-bond acceptors (Lipinski definition) is 2. The van der Waals surface area contributed by atoms with E-state index in [4.69, 9.17) is 4.74 Å². The van der Waals surface area contributed by atoms with E-state index in [0.29, 0.717) is 19.4 Å². The van der Waals surface area contributed by atoms with Crippen molar-refractivity contribution < 1.29 is 9.53 Å². The van der Waals surface area contributed by atoms with Crippen molar-refractivity contribution in [1.82, 2.24) is 5.32 Å². The minimum atomic E-state index is 0.0770. The third-order valence-corrected chi connectivity index (χ3v) is 4.10. The second-order valence-electron chi connectivity index (χ2n) is 6.15. The Morgan fingerprint density at radius 3 is 2.54 bits per heavy atom. The highest BCUT2D eigenvalue weighted by Gasteiger charge is 2.14. The van der Waals surface area contributed by atoms with Crippen molar-refractivity contribution in [3.63, 3.8) is 0 Å². The fourth-order valence-corrected chi connectivity index (χ4v) is 2.82. The van der Waals surface area contributed by atoms with Crippen LogP contribution in [0.4, 0.5) is 0 Å². The Kier molecular flexibility index (Phi) is 6.86. The standard InChI is InChI=1S/C21H27NO2/c1-4-20(19-13-12-16(2)15-17(19)3)22-21(23)11-8-14-24-18-9-6-5-7-10-18/h5-7,9-10,12-13,15,20H,4,8,11,14H2,1-3H3,(H,22,23)/t20-/m0/s1. The molecule has 1 amide bonds. The van der Waals surface area contributed by atoms with Crippen LogP contribution in [-0.2, 0) is 4.79 Å². The van der Waals surface area contributed by atoms with Gasteiger partial charge in [-0.05, 0) is 49.9 Å². The molecule has 3 nitrogen and oxygen atoms in total. The molecule has 0 bridgehead atoms. The van der Waals surface area contributed by atoms with Crippen LogP contribution in [-0.4, -0.2) is 12.5 Å². The van der Waals surface area contributed by atoms with Crippen molar-refractivity contribution in [2.45, 2.75) is 46.1 Å². The fourth-order valence-electron chi connectivity index (χ4n) is 2.82. The third kappa shape index (κ3) is 5.41. The Bertz CT molecular complexity index is 652. The van der Waals surface area contributed by atoms with Crippen molar-refractivity contribution in [3.05, 3.63) is 65.2 Å². The Morgan fingerprint density at radius 2 is 1.88 bits per heavy atom. The van der Waals surface area contributed by atoms with Gasteiger partial charge in [0, 0.05) is 6.42 Å². The summed E-state index contributed by atoms with van der Waals surface area (Å²) < 4.78 is 5.62. The third-order valence-electron chi connectivity index (χ3n) is 4.10. The summed E-state index contributed by atoms with van der Waals surface area (Å²) in [5, 5.41) is 3.15. The van der Waals surface area contributed by atoms with Crippen LogP contribution in [0.25, 0.3) is 0 Å². The van der Waals surface area contributed by atoms with Gasteiger partial charge in [-0.3, -0.25) is 4.79 Å². The van der Waals surface area contributed by atoms with Gasteiger partial charge < -0.3 is 10.1 Å². The van der Waals surface area contributed by atoms with Gasteiger partial charge in [0.25, 0.3) is 0 Å². The largest absolute Gasteiger partial charge is 0.494 e. The van der Waals surface area contributed by atoms with Crippen molar-refractivity contribution >= 4 is 5.91 Å². The van der Waals surface area contributed by atoms with Gasteiger partial charge in [0.05, 0.1) is 12.6 Å². The monoisotopic (exact) mass is 325 g/mol. The Balaban J connectivity index is 1.79. The van der Waals surface area contributed by atoms with E-state index in [2.05, 4.69) is 44.3 Å². The first-order chi connectivity index (χ1) is 11.6. The van der Waals surface area contributed by atoms with Crippen molar-refractivity contribution in [3.8, 4) is 5.75 Å². The summed E-state index contributed by atoms with van der Waals surface area (Å²) in [6, 6.07) is 16.2. The number of carbonyl (C=O) groups is 1. The SMILES string of the molecule is CC[C@H](NC(=O)CCCOc1ccccc1)c1ccc(C)cc1C. The minimum Gasteiger partial charge on any atom is -0.494 e. The van der Waals surface area contributed by atoms with Gasteiger partial charge in [0.1, 0.15) is 5.75 Å². The number of para-hydroxylation sites is 1. The van der Waals surface area contributed by atoms with E-state index in [1.54, 1.807) is 0 Å². The summed E-state index contributed by atoms with van der Waals surface area (Å²) in [4.78, 5) is 12.2. The molecule has 0 aliphatic rings. The molecule has 2 aromatic rings. The lowest BCUT2D eigenvalue weighted by molar-refractivity contribution is -0.122. The number of nitrogens with one attached hydrogen (secondary N) is 1. The van der Waals surface area contributed by atoms with Gasteiger partial charge in [0.15, 0.2) is 0 Å². The molecule has 24 heavy (non-hydrogen) atoms. The van der Waals surface area contributed by atoms with Crippen LogP contribution in [0.5, 0.6) is 5.75 Å². The average Bonchev–Trinajstić information content (AvgIpc) is 2.58. The van der Waals surface area contributed by atoms with Crippen LogP contribution in [0.1, 0.15) is 48.9 Å². The van der Waals surface area contributed by atoms with E-state index >= 15 is 0 Å². The lowest BCUT2D eigenvalue weighted by Gasteiger charge is -2.20. The van der Waals surface area contributed by atoms with Gasteiger partial charge in [0.2, 0.25) is 5.91 Å². The van der Waals surface area contributed by atoms with Gasteiger partial charge in [-0.25, -0.2) is 0 Å². The van der Waals surface area contributed by atoms with E-state index in [0.717, 1.165) is 12.2 Å². The zero-order chi connectivity index (χ0) is 17.4. The lowest BCUT2D eigenvalue weighted by Crippen LogP contribution is -2.28. The summed E-state index contributed by atoms with van der Waals surface area (Å²) in [5.74, 6) is 0.929. The first-order valence-corrected chi connectivity index (χ1v) is 8.64. The molecule has 0 aliphatic heterocycles. The van der Waals surface area contributed by atoms with Gasteiger partial charge in [-0.2, -0.15) is 0 Å². The molecule has 0 aliphatic carbocycles. The minimum absolute atomic E-state index is 0.0770. The van der Waals surface area contributed by atoms with E-state index in [9.17, 15) is 4.79 Å². The molecule has 0 spiro atoms. The van der Waals surface area contributed by atoms with E-state index in [-0.39, 0.29) is 11.9 Å². The Morgan fingerprint density at radius 1 is 1.12 bits per heavy atom. The van der Waals surface area contributed by atoms with Gasteiger partial charge in [-0.1, -0.05) is 48.9 Å². The summed E-state index contributed by atoms with van der Waals surface area (Å²) in [6.45, 7) is 6.84. The molecule has 0 saturated carbocycles. The highest BCUT2D eigenvalue weighted by molar-refractivity contribution is 5.76. The quantitative estimate of drug-likeness (QED) is 0.713. The van der Waals surface area contributed by atoms with Crippen molar-refractivity contribution in [1.29, 1.82) is 0 Å². The molecule has 2 aromatic carbocycles. The highest BCUT2D eigenvalue weighted by atomic mass is 16.5. The molecule has 2 rings (SSSR count). The number of hydrogen-bond donors (Lipinski definition) is 1. The molecule has 0 saturated heterocycles. The number of rotatable bonds is 8. The first-order valence-electron chi connectivity index (χ1n) is 8.64. The second kappa shape index (κ2) is 9.11. The molecule has 0 radical (unpaired) electrons. The maximum absolute atomic E-state index is 12.2. The normalized spacial score (nSPS) is 11.8. The van der Waals surface area contributed by atoms with Crippen LogP contribution in [0.3, 0.4) is 0 Å². The highest BCUT2D eigenvalue weighted by Crippen LogP contribution is 2.21. The molecule has 0 heterocycles. The molecule has 3 heteroatoms. The number of aryl methyl sites for hydroxylation is 2. The lowest BCUT2D eigenvalue weighted by atomic mass is 9.97. The van der Waals surface area contributed by atoms with Crippen LogP contribution < -0.4 is 10.1 Å². The van der Waals surface area contributed by atoms with Crippen LogP contribution in [0.15, 0.2) is 48.5 Å². The van der Waals surface area contributed by atoms with E-state index < -0.39 is 0 Å². The topological polar surface area (TPSA) is 38.3 Å². The van der Waals surface area contributed by atoms with Crippen LogP contribution in [0.2, 0.25) is 0 Å². The smallest absolute Gasteiger partial charge is 0.220 e. The molecule has 0 unspecified atom stereocenters. The Labute approximate surface area is 145 Å². The molecule has 1 N–H and O–H groups in total. The number of benzene rings is 2. The molecule has 128 valence electrons. The summed E-state index contributed by atoms with van der Waals surface area (Å²) >= 11 is 0. The predicted molar refractivity (Wildman–Crippen MR) is 98.3 cm³/mol. The second-order valence-corrected chi connectivity index (χ2v) is 6.15. The van der Waals surface area contributed by atoms with Crippen LogP contribution in [0, 0.1) is 13.8 Å². The predicted octanol–water partition coefficient (Wildman–Crippen LogP) is 4.73. The van der Waals surface area contributed by atoms with Crippen molar-refractivity contribution in [2.24, 2.45) is 0 Å². The van der Waals surface area contributed by atoms with Gasteiger partial charge >= 0.3 is 0 Å². The maximum Gasteiger partial charge on any atom is 0.220 e. The van der Waals surface area contributed by atoms with Gasteiger partial charge in [-0.15, -0.1) is 0 Å². The number of carbonyl (C=O) groups excluding carboxylic acids is 1. The van der Waals surface area contributed by atoms with Crippen molar-refractivity contribution in [2.75, 3.05) is 6.61 Å². The average molecular weight is 325 g/mol. The molecule has 0 fully saturated rings. The molecular formula is C21H27NO2. The molecular weight excluding hydrogens is 298 g/mol. The zero-order valence-electron chi connectivity index (χ0n) is 14.8. The fraction of sp³-hybridized carbons (Fsp3) is 0.381. The van der Waals surface area contributed by atoms with Crippen LogP contribution >= 0.6 is 0 Å². The summed E-state index contributed by atoms with van der Waals surface area (Å²) in [5.41, 5.74) is 3.68. The summed E-state index contributed by atoms with van der Waals surface area (Å²) in [6.07, 6.45) is 2.08. The number of amides is 1. The summed E-state index contributed by atoms with van der Waals surface area (Å²) in [7, 11) is 0. The maximum atomic E-state index is 12.2. The zero-order valence-corrected chi connectivity index (χ0v) is 14.8. The molecule has 0 aromatic heterocycles. The number of ether oxygens (including phenoxy) is 1. The molecule has 1 atom stereocenters. The van der Waals surface area contributed by atoms with E-state index in [1.807, 2.05) is 30.3 Å². The van der Waals surface area contributed by atoms with E-state index in [1.165, 1.54) is 16.7 Å².